The molecule has 31 heavy (non-hydrogen) atoms. The largest absolute Gasteiger partial charge is 0.406 e. The third-order valence-electron chi connectivity index (χ3n) is 4.26. The second kappa shape index (κ2) is 9.44. The van der Waals surface area contributed by atoms with E-state index in [2.05, 4.69) is 4.98 Å². The number of nitrogens with zero attached hydrogens (tertiary/aromatic N) is 3. The number of hydrogen-bond acceptors (Lipinski definition) is 5. The molecule has 6 nitrogen and oxygen atoms in total. The average molecular weight is 470 g/mol. The van der Waals surface area contributed by atoms with Gasteiger partial charge in [0.25, 0.3) is 5.69 Å². The van der Waals surface area contributed by atoms with Gasteiger partial charge in [-0.3, -0.25) is 14.9 Å². The van der Waals surface area contributed by atoms with Gasteiger partial charge in [-0.15, -0.1) is 11.3 Å². The first-order chi connectivity index (χ1) is 14.6. The van der Waals surface area contributed by atoms with Crippen LogP contribution in [-0.2, 0) is 17.8 Å². The van der Waals surface area contributed by atoms with E-state index in [9.17, 15) is 28.1 Å². The maximum atomic E-state index is 13.1. The molecule has 2 aromatic carbocycles. The zero-order chi connectivity index (χ0) is 22.6. The van der Waals surface area contributed by atoms with Crippen molar-refractivity contribution in [3.8, 4) is 10.6 Å². The van der Waals surface area contributed by atoms with Crippen LogP contribution in [0.1, 0.15) is 11.3 Å². The fourth-order valence-electron chi connectivity index (χ4n) is 2.89. The third-order valence-corrected chi connectivity index (χ3v) is 5.51. The molecule has 0 unspecified atom stereocenters. The van der Waals surface area contributed by atoms with Gasteiger partial charge in [0.05, 0.1) is 28.6 Å². The van der Waals surface area contributed by atoms with Gasteiger partial charge in [-0.05, 0) is 6.07 Å². The molecule has 0 aliphatic rings. The van der Waals surface area contributed by atoms with E-state index in [0.717, 1.165) is 0 Å². The van der Waals surface area contributed by atoms with Gasteiger partial charge in [0.15, 0.2) is 0 Å². The monoisotopic (exact) mass is 469 g/mol. The van der Waals surface area contributed by atoms with Crippen molar-refractivity contribution < 1.29 is 22.9 Å². The Morgan fingerprint density at radius 2 is 1.84 bits per heavy atom. The predicted octanol–water partition coefficient (Wildman–Crippen LogP) is 5.51. The molecule has 0 spiro atoms. The molecule has 1 aromatic heterocycles. The topological polar surface area (TPSA) is 76.3 Å². The zero-order valence-electron chi connectivity index (χ0n) is 15.8. The smallest absolute Gasteiger partial charge is 0.329 e. The standard InChI is InChI=1S/C20H15ClF3N3O3S/c21-16-7-3-2-6-15(16)19-25-14(11-31-19)9-18(28)26(12-20(22,23)24)10-13-5-1-4-8-17(13)27(29)30/h1-8,11H,9-10,12H2. The SMILES string of the molecule is O=C(Cc1csc(-c2ccccc2Cl)n1)N(Cc1ccccc1[N+](=O)[O-])CC(F)(F)F. The maximum Gasteiger partial charge on any atom is 0.406 e. The molecule has 0 saturated heterocycles. The lowest BCUT2D eigenvalue weighted by molar-refractivity contribution is -0.385. The van der Waals surface area contributed by atoms with Gasteiger partial charge in [-0.2, -0.15) is 13.2 Å². The number of thiazole rings is 1. The second-order valence-electron chi connectivity index (χ2n) is 6.55. The average Bonchev–Trinajstić information content (AvgIpc) is 3.15. The highest BCUT2D eigenvalue weighted by molar-refractivity contribution is 7.13. The number of hydrogen-bond donors (Lipinski definition) is 0. The van der Waals surface area contributed by atoms with Crippen LogP contribution >= 0.6 is 22.9 Å². The summed E-state index contributed by atoms with van der Waals surface area (Å²) in [5.41, 5.74) is 0.608. The highest BCUT2D eigenvalue weighted by atomic mass is 35.5. The number of aromatic nitrogens is 1. The Labute approximate surface area is 184 Å². The molecule has 0 N–H and O–H groups in total. The normalized spacial score (nSPS) is 11.4. The summed E-state index contributed by atoms with van der Waals surface area (Å²) in [5.74, 6) is -0.841. The van der Waals surface area contributed by atoms with E-state index in [1.54, 1.807) is 29.6 Å². The predicted molar refractivity (Wildman–Crippen MR) is 111 cm³/mol. The number of carbonyl (C=O) groups excluding carboxylic acids is 1. The van der Waals surface area contributed by atoms with E-state index in [1.807, 2.05) is 0 Å². The summed E-state index contributed by atoms with van der Waals surface area (Å²) in [6, 6.07) is 12.3. The molecule has 11 heteroatoms. The highest BCUT2D eigenvalue weighted by Crippen LogP contribution is 2.30. The Bertz CT molecular complexity index is 1100. The minimum absolute atomic E-state index is 0.0140. The van der Waals surface area contributed by atoms with Crippen LogP contribution in [0.25, 0.3) is 10.6 Å². The van der Waals surface area contributed by atoms with E-state index in [0.29, 0.717) is 26.2 Å². The molecule has 0 atom stereocenters. The van der Waals surface area contributed by atoms with Crippen LogP contribution in [-0.4, -0.2) is 33.4 Å². The van der Waals surface area contributed by atoms with Crippen LogP contribution in [0.3, 0.4) is 0 Å². The van der Waals surface area contributed by atoms with Crippen LogP contribution in [0.4, 0.5) is 18.9 Å². The van der Waals surface area contributed by atoms with Crippen LogP contribution in [0.2, 0.25) is 5.02 Å². The minimum atomic E-state index is -4.66. The summed E-state index contributed by atoms with van der Waals surface area (Å²) in [5, 5.41) is 13.8. The van der Waals surface area contributed by atoms with Crippen LogP contribution in [0.15, 0.2) is 53.9 Å². The van der Waals surface area contributed by atoms with Crippen molar-refractivity contribution >= 4 is 34.5 Å². The number of alkyl halides is 3. The number of amides is 1. The molecule has 0 bridgehead atoms. The first-order valence-electron chi connectivity index (χ1n) is 8.90. The van der Waals surface area contributed by atoms with E-state index in [1.165, 1.54) is 35.6 Å². The zero-order valence-corrected chi connectivity index (χ0v) is 17.4. The van der Waals surface area contributed by atoms with Gasteiger partial charge in [-0.25, -0.2) is 4.98 Å². The molecular weight excluding hydrogens is 455 g/mol. The van der Waals surface area contributed by atoms with Crippen LogP contribution in [0, 0.1) is 10.1 Å². The van der Waals surface area contributed by atoms with Crippen molar-refractivity contribution in [2.24, 2.45) is 0 Å². The number of nitro groups is 1. The molecule has 0 aliphatic heterocycles. The molecule has 3 aromatic rings. The van der Waals surface area contributed by atoms with Gasteiger partial charge in [-0.1, -0.05) is 48.0 Å². The Morgan fingerprint density at radius 1 is 1.16 bits per heavy atom. The third kappa shape index (κ3) is 6.02. The Morgan fingerprint density at radius 3 is 2.52 bits per heavy atom. The number of halogens is 4. The number of nitro benzene ring substituents is 1. The molecule has 162 valence electrons. The Hall–Kier alpha value is -2.98. The fourth-order valence-corrected chi connectivity index (χ4v) is 4.03. The molecule has 1 heterocycles. The molecule has 0 radical (unpaired) electrons. The summed E-state index contributed by atoms with van der Waals surface area (Å²) in [7, 11) is 0. The van der Waals surface area contributed by atoms with Gasteiger partial charge < -0.3 is 4.90 Å². The lowest BCUT2D eigenvalue weighted by Gasteiger charge is -2.23. The maximum absolute atomic E-state index is 13.1. The first-order valence-corrected chi connectivity index (χ1v) is 10.2. The van der Waals surface area contributed by atoms with Crippen LogP contribution in [0.5, 0.6) is 0 Å². The molecule has 0 fully saturated rings. The van der Waals surface area contributed by atoms with Crippen molar-refractivity contribution in [2.75, 3.05) is 6.54 Å². The summed E-state index contributed by atoms with van der Waals surface area (Å²) in [4.78, 5) is 28.0. The fraction of sp³-hybridized carbons (Fsp3) is 0.200. The molecule has 1 amide bonds. The summed E-state index contributed by atoms with van der Waals surface area (Å²) in [6.07, 6.45) is -5.04. The van der Waals surface area contributed by atoms with Gasteiger partial charge in [0, 0.05) is 22.6 Å². The summed E-state index contributed by atoms with van der Waals surface area (Å²) in [6.45, 7) is -2.07. The van der Waals surface area contributed by atoms with Crippen molar-refractivity contribution in [3.05, 3.63) is 80.3 Å². The van der Waals surface area contributed by atoms with Crippen molar-refractivity contribution in [2.45, 2.75) is 19.1 Å². The van der Waals surface area contributed by atoms with Crippen molar-refractivity contribution in [1.29, 1.82) is 0 Å². The highest BCUT2D eigenvalue weighted by Gasteiger charge is 2.34. The van der Waals surface area contributed by atoms with Crippen molar-refractivity contribution in [3.63, 3.8) is 0 Å². The van der Waals surface area contributed by atoms with E-state index in [4.69, 9.17) is 11.6 Å². The van der Waals surface area contributed by atoms with Crippen molar-refractivity contribution in [1.82, 2.24) is 9.88 Å². The van der Waals surface area contributed by atoms with Crippen LogP contribution < -0.4 is 0 Å². The van der Waals surface area contributed by atoms with E-state index in [-0.39, 0.29) is 17.7 Å². The summed E-state index contributed by atoms with van der Waals surface area (Å²) >= 11 is 7.36. The molecule has 0 saturated carbocycles. The Balaban J connectivity index is 1.82. The molecule has 3 rings (SSSR count). The first kappa shape index (κ1) is 22.7. The minimum Gasteiger partial charge on any atom is -0.329 e. The quantitative estimate of drug-likeness (QED) is 0.338. The van der Waals surface area contributed by atoms with Gasteiger partial charge >= 0.3 is 6.18 Å². The number of carbonyl (C=O) groups is 1. The lowest BCUT2D eigenvalue weighted by Crippen LogP contribution is -2.39. The van der Waals surface area contributed by atoms with Gasteiger partial charge in [0.1, 0.15) is 11.6 Å². The summed E-state index contributed by atoms with van der Waals surface area (Å²) < 4.78 is 39.2. The number of benzene rings is 2. The molecular formula is C20H15ClF3N3O3S. The van der Waals surface area contributed by atoms with E-state index >= 15 is 0 Å². The second-order valence-corrected chi connectivity index (χ2v) is 7.82. The lowest BCUT2D eigenvalue weighted by atomic mass is 10.1. The van der Waals surface area contributed by atoms with Gasteiger partial charge in [0.2, 0.25) is 5.91 Å². The van der Waals surface area contributed by atoms with E-state index < -0.39 is 30.1 Å². The number of rotatable bonds is 7. The Kier molecular flexibility index (Phi) is 6.91. The molecule has 0 aliphatic carbocycles. The number of para-hydroxylation sites is 1.